The highest BCUT2D eigenvalue weighted by Crippen LogP contribution is 2.32. The first-order valence-corrected chi connectivity index (χ1v) is 15.1. The minimum absolute atomic E-state index is 0.247. The molecule has 5 aromatic rings. The van der Waals surface area contributed by atoms with Crippen LogP contribution in [0.15, 0.2) is 98.1 Å². The Morgan fingerprint density at radius 3 is 2.51 bits per heavy atom. The molecule has 0 amide bonds. The van der Waals surface area contributed by atoms with Crippen molar-refractivity contribution >= 4 is 32.8 Å². The van der Waals surface area contributed by atoms with Crippen LogP contribution in [-0.2, 0) is 15.8 Å². The standard InChI is InChI=1S/C29H26N4O4S2/c1-20-12-13-25-22(18-27(34)37-26(25)16-20)19-38-29-31-30-28(33(29)23-9-3-2-4-10-23)21-8-7-11-24(17-21)39(35,36)32-14-5-6-15-32/h2-4,7-13,16-18H,5-6,14-15,19H2,1H3. The van der Waals surface area contributed by atoms with Gasteiger partial charge in [-0.1, -0.05) is 54.2 Å². The molecule has 3 heterocycles. The third-order valence-electron chi connectivity index (χ3n) is 6.79. The number of hydrogen-bond acceptors (Lipinski definition) is 7. The monoisotopic (exact) mass is 558 g/mol. The summed E-state index contributed by atoms with van der Waals surface area (Å²) in [5.74, 6) is 1.01. The van der Waals surface area contributed by atoms with E-state index in [2.05, 4.69) is 10.2 Å². The summed E-state index contributed by atoms with van der Waals surface area (Å²) in [5, 5.41) is 10.5. The number of thioether (sulfide) groups is 1. The van der Waals surface area contributed by atoms with Crippen LogP contribution in [0, 0.1) is 6.92 Å². The van der Waals surface area contributed by atoms with Gasteiger partial charge in [0.05, 0.1) is 4.90 Å². The van der Waals surface area contributed by atoms with Gasteiger partial charge in [-0.15, -0.1) is 10.2 Å². The Labute approximate surface area is 230 Å². The van der Waals surface area contributed by atoms with Crippen molar-refractivity contribution in [1.82, 2.24) is 19.1 Å². The van der Waals surface area contributed by atoms with Crippen LogP contribution in [-0.4, -0.2) is 40.6 Å². The van der Waals surface area contributed by atoms with Crippen molar-refractivity contribution in [2.75, 3.05) is 13.1 Å². The number of aryl methyl sites for hydroxylation is 1. The van der Waals surface area contributed by atoms with Crippen molar-refractivity contribution in [3.63, 3.8) is 0 Å². The van der Waals surface area contributed by atoms with E-state index in [1.54, 1.807) is 18.2 Å². The van der Waals surface area contributed by atoms with Gasteiger partial charge in [-0.2, -0.15) is 4.31 Å². The first-order chi connectivity index (χ1) is 18.9. The van der Waals surface area contributed by atoms with Crippen LogP contribution in [0.25, 0.3) is 28.0 Å². The van der Waals surface area contributed by atoms with E-state index in [1.165, 1.54) is 22.1 Å². The largest absolute Gasteiger partial charge is 0.423 e. The van der Waals surface area contributed by atoms with Gasteiger partial charge in [0.25, 0.3) is 0 Å². The van der Waals surface area contributed by atoms with E-state index < -0.39 is 15.6 Å². The number of para-hydroxylation sites is 1. The van der Waals surface area contributed by atoms with Crippen LogP contribution in [0.2, 0.25) is 0 Å². The lowest BCUT2D eigenvalue weighted by atomic mass is 10.1. The summed E-state index contributed by atoms with van der Waals surface area (Å²) < 4.78 is 35.4. The van der Waals surface area contributed by atoms with Crippen molar-refractivity contribution < 1.29 is 12.8 Å². The van der Waals surface area contributed by atoms with Crippen molar-refractivity contribution in [2.24, 2.45) is 0 Å². The van der Waals surface area contributed by atoms with Crippen LogP contribution in [0.1, 0.15) is 24.0 Å². The molecule has 3 aromatic carbocycles. The zero-order valence-corrected chi connectivity index (χ0v) is 22.9. The van der Waals surface area contributed by atoms with E-state index in [1.807, 2.05) is 66.1 Å². The van der Waals surface area contributed by atoms with Crippen LogP contribution in [0.5, 0.6) is 0 Å². The van der Waals surface area contributed by atoms with Gasteiger partial charge in [-0.3, -0.25) is 4.57 Å². The van der Waals surface area contributed by atoms with Crippen LogP contribution >= 0.6 is 11.8 Å². The maximum atomic E-state index is 13.2. The number of benzene rings is 3. The number of rotatable bonds is 7. The number of sulfonamides is 1. The van der Waals surface area contributed by atoms with Gasteiger partial charge in [0.1, 0.15) is 5.58 Å². The Morgan fingerprint density at radius 1 is 0.923 bits per heavy atom. The van der Waals surface area contributed by atoms with Crippen molar-refractivity contribution in [2.45, 2.75) is 35.6 Å². The third kappa shape index (κ3) is 5.03. The second kappa shape index (κ2) is 10.4. The van der Waals surface area contributed by atoms with E-state index >= 15 is 0 Å². The Bertz CT molecular complexity index is 1830. The molecule has 10 heteroatoms. The molecule has 1 aliphatic rings. The Kier molecular flexibility index (Phi) is 6.84. The first-order valence-electron chi connectivity index (χ1n) is 12.7. The SMILES string of the molecule is Cc1ccc2c(CSc3nnc(-c4cccc(S(=O)(=O)N5CCCC5)c4)n3-c3ccccc3)cc(=O)oc2c1. The van der Waals surface area contributed by atoms with Crippen molar-refractivity contribution in [3.05, 3.63) is 100 Å². The minimum Gasteiger partial charge on any atom is -0.423 e. The molecule has 1 aliphatic heterocycles. The molecule has 0 saturated carbocycles. The van der Waals surface area contributed by atoms with Crippen LogP contribution < -0.4 is 5.63 Å². The highest BCUT2D eigenvalue weighted by molar-refractivity contribution is 7.98. The molecule has 1 saturated heterocycles. The number of aromatic nitrogens is 3. The third-order valence-corrected chi connectivity index (χ3v) is 9.66. The van der Waals surface area contributed by atoms with E-state index in [-0.39, 0.29) is 4.90 Å². The normalized spacial score (nSPS) is 14.3. The van der Waals surface area contributed by atoms with Gasteiger partial charge < -0.3 is 4.42 Å². The summed E-state index contributed by atoms with van der Waals surface area (Å²) in [6.07, 6.45) is 1.75. The highest BCUT2D eigenvalue weighted by Gasteiger charge is 2.28. The van der Waals surface area contributed by atoms with Gasteiger partial charge in [0, 0.05) is 41.5 Å². The average Bonchev–Trinajstić information content (AvgIpc) is 3.63. The predicted octanol–water partition coefficient (Wildman–Crippen LogP) is 5.43. The smallest absolute Gasteiger partial charge is 0.336 e. The molecule has 0 N–H and O–H groups in total. The molecule has 0 atom stereocenters. The summed E-state index contributed by atoms with van der Waals surface area (Å²) in [5.41, 5.74) is 3.51. The second-order valence-corrected chi connectivity index (χ2v) is 12.4. The summed E-state index contributed by atoms with van der Waals surface area (Å²) in [7, 11) is -3.58. The summed E-state index contributed by atoms with van der Waals surface area (Å²) in [4.78, 5) is 12.5. The Balaban J connectivity index is 1.40. The van der Waals surface area contributed by atoms with E-state index in [0.717, 1.165) is 35.0 Å². The Morgan fingerprint density at radius 2 is 1.72 bits per heavy atom. The van der Waals surface area contributed by atoms with Gasteiger partial charge in [-0.25, -0.2) is 13.2 Å². The molecule has 2 aromatic heterocycles. The van der Waals surface area contributed by atoms with E-state index in [4.69, 9.17) is 4.42 Å². The zero-order chi connectivity index (χ0) is 27.0. The van der Waals surface area contributed by atoms with E-state index in [0.29, 0.717) is 41.0 Å². The molecular formula is C29H26N4O4S2. The molecule has 198 valence electrons. The average molecular weight is 559 g/mol. The minimum atomic E-state index is -3.58. The van der Waals surface area contributed by atoms with Crippen LogP contribution in [0.3, 0.4) is 0 Å². The lowest BCUT2D eigenvalue weighted by Gasteiger charge is -2.16. The zero-order valence-electron chi connectivity index (χ0n) is 21.3. The van der Waals surface area contributed by atoms with Crippen molar-refractivity contribution in [3.8, 4) is 17.1 Å². The number of nitrogens with zero attached hydrogens (tertiary/aromatic N) is 4. The fraction of sp³-hybridized carbons (Fsp3) is 0.207. The van der Waals surface area contributed by atoms with E-state index in [9.17, 15) is 13.2 Å². The fourth-order valence-electron chi connectivity index (χ4n) is 4.83. The molecule has 0 radical (unpaired) electrons. The molecule has 0 unspecified atom stereocenters. The molecule has 39 heavy (non-hydrogen) atoms. The lowest BCUT2D eigenvalue weighted by Crippen LogP contribution is -2.27. The number of fused-ring (bicyclic) bond motifs is 1. The maximum Gasteiger partial charge on any atom is 0.336 e. The molecule has 6 rings (SSSR count). The van der Waals surface area contributed by atoms with Gasteiger partial charge in [0.15, 0.2) is 11.0 Å². The van der Waals surface area contributed by atoms with Crippen LogP contribution in [0.4, 0.5) is 0 Å². The van der Waals surface area contributed by atoms with Gasteiger partial charge in [-0.05, 0) is 61.2 Å². The highest BCUT2D eigenvalue weighted by atomic mass is 32.2. The topological polar surface area (TPSA) is 98.3 Å². The molecule has 0 aliphatic carbocycles. The van der Waals surface area contributed by atoms with Gasteiger partial charge >= 0.3 is 5.63 Å². The molecular weight excluding hydrogens is 532 g/mol. The summed E-state index contributed by atoms with van der Waals surface area (Å²) in [6.45, 7) is 3.04. The Hall–Kier alpha value is -3.73. The molecule has 0 spiro atoms. The van der Waals surface area contributed by atoms with Crippen molar-refractivity contribution in [1.29, 1.82) is 0 Å². The summed E-state index contributed by atoms with van der Waals surface area (Å²) >= 11 is 1.45. The summed E-state index contributed by atoms with van der Waals surface area (Å²) in [6, 6.07) is 23.9. The lowest BCUT2D eigenvalue weighted by molar-refractivity contribution is 0.477. The molecule has 8 nitrogen and oxygen atoms in total. The second-order valence-electron chi connectivity index (χ2n) is 9.50. The quantitative estimate of drug-likeness (QED) is 0.194. The number of hydrogen-bond donors (Lipinski definition) is 0. The predicted molar refractivity (Wildman–Crippen MR) is 152 cm³/mol. The van der Waals surface area contributed by atoms with Gasteiger partial charge in [0.2, 0.25) is 10.0 Å². The maximum absolute atomic E-state index is 13.2. The fourth-order valence-corrected chi connectivity index (χ4v) is 7.34. The molecule has 1 fully saturated rings. The molecule has 0 bridgehead atoms. The first kappa shape index (κ1) is 25.5.